The lowest BCUT2D eigenvalue weighted by atomic mass is 9.90. The van der Waals surface area contributed by atoms with Gasteiger partial charge >= 0.3 is 5.97 Å². The van der Waals surface area contributed by atoms with Gasteiger partial charge in [0.05, 0.1) is 17.2 Å². The zero-order valence-electron chi connectivity index (χ0n) is 12.4. The summed E-state index contributed by atoms with van der Waals surface area (Å²) in [6.07, 6.45) is 2.22. The summed E-state index contributed by atoms with van der Waals surface area (Å²) >= 11 is 0. The molecule has 1 aliphatic heterocycles. The van der Waals surface area contributed by atoms with E-state index in [1.807, 2.05) is 6.07 Å². The molecule has 1 amide bonds. The van der Waals surface area contributed by atoms with E-state index in [4.69, 9.17) is 10.4 Å². The van der Waals surface area contributed by atoms with Crippen molar-refractivity contribution in [3.05, 3.63) is 29.1 Å². The summed E-state index contributed by atoms with van der Waals surface area (Å²) in [6.45, 7) is 2.86. The van der Waals surface area contributed by atoms with Crippen molar-refractivity contribution in [3.8, 4) is 6.07 Å². The number of likely N-dealkylation sites (tertiary alicyclic amines) is 1. The van der Waals surface area contributed by atoms with Crippen LogP contribution in [0.5, 0.6) is 0 Å². The van der Waals surface area contributed by atoms with E-state index in [1.165, 1.54) is 0 Å². The highest BCUT2D eigenvalue weighted by atomic mass is 16.4. The Labute approximate surface area is 128 Å². The summed E-state index contributed by atoms with van der Waals surface area (Å²) in [7, 11) is 0. The number of carboxylic acid groups (broad SMARTS) is 1. The first-order valence-electron chi connectivity index (χ1n) is 7.37. The number of nitriles is 1. The molecule has 1 N–H and O–H groups in total. The Bertz CT molecular complexity index is 684. The van der Waals surface area contributed by atoms with E-state index in [1.54, 1.807) is 24.0 Å². The summed E-state index contributed by atoms with van der Waals surface area (Å²) in [6, 6.07) is 5.22. The number of carbonyl (C=O) groups is 2. The minimum Gasteiger partial charge on any atom is -0.481 e. The molecule has 2 aliphatic rings. The van der Waals surface area contributed by atoms with Crippen molar-refractivity contribution in [1.29, 1.82) is 5.26 Å². The highest BCUT2D eigenvalue weighted by Gasteiger charge is 2.59. The molecule has 1 aromatic rings. The summed E-state index contributed by atoms with van der Waals surface area (Å²) in [5.74, 6) is -1.10. The molecule has 0 bridgehead atoms. The minimum atomic E-state index is -0.718. The lowest BCUT2D eigenvalue weighted by molar-refractivity contribution is -0.139. The van der Waals surface area contributed by atoms with Crippen LogP contribution in [0, 0.1) is 29.6 Å². The number of pyridine rings is 1. The SMILES string of the molecule is Cc1nc(C(=O)N2CCC3(CC2)CC3C(=O)O)ccc1C#N. The lowest BCUT2D eigenvalue weighted by Crippen LogP contribution is -2.40. The summed E-state index contributed by atoms with van der Waals surface area (Å²) in [5.41, 5.74) is 1.28. The van der Waals surface area contributed by atoms with E-state index in [9.17, 15) is 9.59 Å². The maximum absolute atomic E-state index is 12.5. The average molecular weight is 299 g/mol. The van der Waals surface area contributed by atoms with Crippen molar-refractivity contribution in [3.63, 3.8) is 0 Å². The van der Waals surface area contributed by atoms with Crippen molar-refractivity contribution in [1.82, 2.24) is 9.88 Å². The monoisotopic (exact) mass is 299 g/mol. The molecule has 0 radical (unpaired) electrons. The van der Waals surface area contributed by atoms with Gasteiger partial charge in [-0.3, -0.25) is 9.59 Å². The number of hydrogen-bond acceptors (Lipinski definition) is 4. The predicted molar refractivity (Wildman–Crippen MR) is 77.0 cm³/mol. The topological polar surface area (TPSA) is 94.3 Å². The zero-order valence-corrected chi connectivity index (χ0v) is 12.4. The minimum absolute atomic E-state index is 0.0867. The van der Waals surface area contributed by atoms with Gasteiger partial charge in [0.1, 0.15) is 11.8 Å². The van der Waals surface area contributed by atoms with Crippen LogP contribution in [0.15, 0.2) is 12.1 Å². The van der Waals surface area contributed by atoms with Gasteiger partial charge in [0.25, 0.3) is 5.91 Å². The molecule has 1 saturated carbocycles. The molecular weight excluding hydrogens is 282 g/mol. The molecule has 1 aliphatic carbocycles. The number of amides is 1. The predicted octanol–water partition coefficient (Wildman–Crippen LogP) is 1.59. The molecule has 1 spiro atoms. The van der Waals surface area contributed by atoms with E-state index in [0.29, 0.717) is 30.0 Å². The Hall–Kier alpha value is -2.42. The fourth-order valence-corrected chi connectivity index (χ4v) is 3.36. The van der Waals surface area contributed by atoms with Crippen molar-refractivity contribution in [2.75, 3.05) is 13.1 Å². The van der Waals surface area contributed by atoms with E-state index in [-0.39, 0.29) is 17.2 Å². The van der Waals surface area contributed by atoms with Crippen LogP contribution in [0.2, 0.25) is 0 Å². The van der Waals surface area contributed by atoms with Gasteiger partial charge in [-0.25, -0.2) is 4.98 Å². The molecule has 22 heavy (non-hydrogen) atoms. The summed E-state index contributed by atoms with van der Waals surface area (Å²) in [5, 5.41) is 18.0. The molecule has 1 atom stereocenters. The smallest absolute Gasteiger partial charge is 0.307 e. The number of carboxylic acids is 1. The molecule has 2 fully saturated rings. The Morgan fingerprint density at radius 1 is 1.41 bits per heavy atom. The largest absolute Gasteiger partial charge is 0.481 e. The Kier molecular flexibility index (Phi) is 3.36. The second kappa shape index (κ2) is 5.09. The van der Waals surface area contributed by atoms with Crippen molar-refractivity contribution < 1.29 is 14.7 Å². The summed E-state index contributed by atoms with van der Waals surface area (Å²) in [4.78, 5) is 29.5. The fourth-order valence-electron chi connectivity index (χ4n) is 3.36. The molecule has 6 heteroatoms. The third-order valence-electron chi connectivity index (χ3n) is 4.96. The van der Waals surface area contributed by atoms with Gasteiger partial charge in [-0.1, -0.05) is 0 Å². The molecule has 6 nitrogen and oxygen atoms in total. The molecular formula is C16H17N3O3. The first-order valence-corrected chi connectivity index (χ1v) is 7.37. The molecule has 1 aromatic heterocycles. The molecule has 114 valence electrons. The maximum Gasteiger partial charge on any atom is 0.307 e. The fraction of sp³-hybridized carbons (Fsp3) is 0.500. The van der Waals surface area contributed by atoms with Crippen molar-refractivity contribution in [2.24, 2.45) is 11.3 Å². The highest BCUT2D eigenvalue weighted by Crippen LogP contribution is 2.59. The van der Waals surface area contributed by atoms with Crippen molar-refractivity contribution in [2.45, 2.75) is 26.2 Å². The Morgan fingerprint density at radius 2 is 2.09 bits per heavy atom. The van der Waals surface area contributed by atoms with Crippen LogP contribution in [-0.4, -0.2) is 40.0 Å². The Morgan fingerprint density at radius 3 is 2.59 bits per heavy atom. The van der Waals surface area contributed by atoms with Crippen LogP contribution in [0.3, 0.4) is 0 Å². The second-order valence-electron chi connectivity index (χ2n) is 6.19. The number of piperidine rings is 1. The van der Waals surface area contributed by atoms with Gasteiger partial charge in [-0.15, -0.1) is 0 Å². The molecule has 1 unspecified atom stereocenters. The lowest BCUT2D eigenvalue weighted by Gasteiger charge is -2.32. The van der Waals surface area contributed by atoms with Crippen LogP contribution in [0.1, 0.15) is 41.0 Å². The average Bonchev–Trinajstić information content (AvgIpc) is 3.21. The standard InChI is InChI=1S/C16H17N3O3/c1-10-11(9-17)2-3-13(18-10)14(20)19-6-4-16(5-7-19)8-12(16)15(21)22/h2-3,12H,4-8H2,1H3,(H,21,22). The van der Waals surface area contributed by atoms with Crippen LogP contribution in [0.25, 0.3) is 0 Å². The second-order valence-corrected chi connectivity index (χ2v) is 6.19. The highest BCUT2D eigenvalue weighted by molar-refractivity contribution is 5.92. The molecule has 2 heterocycles. The number of nitrogens with zero attached hydrogens (tertiary/aromatic N) is 3. The number of aryl methyl sites for hydroxylation is 1. The maximum atomic E-state index is 12.5. The van der Waals surface area contributed by atoms with E-state index < -0.39 is 5.97 Å². The summed E-state index contributed by atoms with van der Waals surface area (Å²) < 4.78 is 0. The van der Waals surface area contributed by atoms with Gasteiger partial charge in [0.15, 0.2) is 0 Å². The van der Waals surface area contributed by atoms with Crippen LogP contribution >= 0.6 is 0 Å². The number of aliphatic carboxylic acids is 1. The molecule has 3 rings (SSSR count). The molecule has 1 saturated heterocycles. The number of aromatic nitrogens is 1. The quantitative estimate of drug-likeness (QED) is 0.894. The molecule has 0 aromatic carbocycles. The van der Waals surface area contributed by atoms with Gasteiger partial charge in [-0.2, -0.15) is 5.26 Å². The first kappa shape index (κ1) is 14.5. The number of hydrogen-bond donors (Lipinski definition) is 1. The van der Waals surface area contributed by atoms with E-state index in [0.717, 1.165) is 19.3 Å². The normalized spacial score (nSPS) is 22.2. The van der Waals surface area contributed by atoms with Gasteiger partial charge < -0.3 is 10.0 Å². The third kappa shape index (κ3) is 2.33. The third-order valence-corrected chi connectivity index (χ3v) is 4.96. The first-order chi connectivity index (χ1) is 10.5. The van der Waals surface area contributed by atoms with Crippen LogP contribution in [0.4, 0.5) is 0 Å². The number of carbonyl (C=O) groups excluding carboxylic acids is 1. The zero-order chi connectivity index (χ0) is 15.9. The van der Waals surface area contributed by atoms with Crippen LogP contribution < -0.4 is 0 Å². The number of rotatable bonds is 2. The van der Waals surface area contributed by atoms with Gasteiger partial charge in [0, 0.05) is 13.1 Å². The van der Waals surface area contributed by atoms with Gasteiger partial charge in [-0.05, 0) is 43.7 Å². The van der Waals surface area contributed by atoms with E-state index >= 15 is 0 Å². The van der Waals surface area contributed by atoms with E-state index in [2.05, 4.69) is 4.98 Å². The van der Waals surface area contributed by atoms with Crippen LogP contribution in [-0.2, 0) is 4.79 Å². The Balaban J connectivity index is 1.67. The van der Waals surface area contributed by atoms with Crippen molar-refractivity contribution >= 4 is 11.9 Å². The van der Waals surface area contributed by atoms with Gasteiger partial charge in [0.2, 0.25) is 0 Å².